The van der Waals surface area contributed by atoms with E-state index in [9.17, 15) is 18.4 Å². The summed E-state index contributed by atoms with van der Waals surface area (Å²) < 4.78 is 27.2. The number of nitrogens with one attached hydrogen (secondary N) is 2. The highest BCUT2D eigenvalue weighted by Gasteiger charge is 2.22. The van der Waals surface area contributed by atoms with E-state index >= 15 is 0 Å². The Hall–Kier alpha value is -2.96. The zero-order chi connectivity index (χ0) is 18.7. The second-order valence-corrected chi connectivity index (χ2v) is 6.15. The molecule has 1 fully saturated rings. The lowest BCUT2D eigenvalue weighted by molar-refractivity contribution is -0.117. The van der Waals surface area contributed by atoms with E-state index in [0.717, 1.165) is 24.2 Å². The van der Waals surface area contributed by atoms with E-state index in [2.05, 4.69) is 10.6 Å². The number of rotatable bonds is 5. The van der Waals surface area contributed by atoms with Gasteiger partial charge in [0.05, 0.1) is 0 Å². The second-order valence-electron chi connectivity index (χ2n) is 6.15. The van der Waals surface area contributed by atoms with Crippen LogP contribution < -0.4 is 15.5 Å². The van der Waals surface area contributed by atoms with Crippen LogP contribution in [-0.4, -0.2) is 24.4 Å². The van der Waals surface area contributed by atoms with Crippen LogP contribution in [0.5, 0.6) is 0 Å². The molecule has 1 aliphatic rings. The largest absolute Gasteiger partial charge is 0.374 e. The minimum Gasteiger partial charge on any atom is -0.374 e. The van der Waals surface area contributed by atoms with Gasteiger partial charge in [-0.25, -0.2) is 8.78 Å². The summed E-state index contributed by atoms with van der Waals surface area (Å²) in [5, 5.41) is 5.23. The van der Waals surface area contributed by atoms with Crippen LogP contribution in [-0.2, 0) is 9.59 Å². The molecule has 0 spiro atoms. The Labute approximate surface area is 150 Å². The monoisotopic (exact) mass is 359 g/mol. The van der Waals surface area contributed by atoms with Gasteiger partial charge in [-0.1, -0.05) is 6.07 Å². The number of hydrogen-bond acceptors (Lipinski definition) is 3. The molecule has 1 aliphatic heterocycles. The van der Waals surface area contributed by atoms with Crippen LogP contribution in [0.25, 0.3) is 0 Å². The van der Waals surface area contributed by atoms with Crippen LogP contribution >= 0.6 is 0 Å². The molecular formula is C19H19F2N3O2. The SMILES string of the molecule is CC(Nc1ccc(N2CCCC2=O)cc1)C(=O)Nc1c(F)cccc1F. The third-order valence-electron chi connectivity index (χ3n) is 4.24. The van der Waals surface area contributed by atoms with E-state index in [-0.39, 0.29) is 5.91 Å². The minimum absolute atomic E-state index is 0.102. The first-order valence-corrected chi connectivity index (χ1v) is 8.37. The Balaban J connectivity index is 1.63. The van der Waals surface area contributed by atoms with Crippen molar-refractivity contribution >= 4 is 28.9 Å². The normalized spacial score (nSPS) is 15.0. The fourth-order valence-corrected chi connectivity index (χ4v) is 2.82. The van der Waals surface area contributed by atoms with E-state index < -0.39 is 29.3 Å². The van der Waals surface area contributed by atoms with E-state index in [1.54, 1.807) is 36.1 Å². The summed E-state index contributed by atoms with van der Waals surface area (Å²) in [5.41, 5.74) is 1.01. The van der Waals surface area contributed by atoms with Crippen LogP contribution in [0, 0.1) is 11.6 Å². The van der Waals surface area contributed by atoms with Crippen LogP contribution in [0.15, 0.2) is 42.5 Å². The predicted octanol–water partition coefficient (Wildman–Crippen LogP) is 3.53. The first-order chi connectivity index (χ1) is 12.5. The predicted molar refractivity (Wildman–Crippen MR) is 96.1 cm³/mol. The standard InChI is InChI=1S/C19H19F2N3O2/c1-12(19(26)23-18-15(20)4-2-5-16(18)21)22-13-7-9-14(10-8-13)24-11-3-6-17(24)25/h2,4-5,7-10,12,22H,3,6,11H2,1H3,(H,23,26). The maximum Gasteiger partial charge on any atom is 0.246 e. The molecule has 1 heterocycles. The number of benzene rings is 2. The molecule has 2 aromatic carbocycles. The Morgan fingerprint density at radius 3 is 2.35 bits per heavy atom. The van der Waals surface area contributed by atoms with Gasteiger partial charge >= 0.3 is 0 Å². The van der Waals surface area contributed by atoms with E-state index in [1.807, 2.05) is 0 Å². The van der Waals surface area contributed by atoms with Crippen LogP contribution in [0.2, 0.25) is 0 Å². The summed E-state index contributed by atoms with van der Waals surface area (Å²) in [5.74, 6) is -2.12. The number of halogens is 2. The van der Waals surface area contributed by atoms with Crippen LogP contribution in [0.3, 0.4) is 0 Å². The molecule has 1 saturated heterocycles. The lowest BCUT2D eigenvalue weighted by Crippen LogP contribution is -2.32. The first kappa shape index (κ1) is 17.8. The lowest BCUT2D eigenvalue weighted by atomic mass is 10.2. The van der Waals surface area contributed by atoms with Crippen molar-refractivity contribution in [3.63, 3.8) is 0 Å². The molecule has 0 radical (unpaired) electrons. The fraction of sp³-hybridized carbons (Fsp3) is 0.263. The van der Waals surface area contributed by atoms with Gasteiger partial charge in [-0.15, -0.1) is 0 Å². The highest BCUT2D eigenvalue weighted by molar-refractivity contribution is 5.97. The molecule has 0 aromatic heterocycles. The molecule has 26 heavy (non-hydrogen) atoms. The number of carbonyl (C=O) groups excluding carboxylic acids is 2. The summed E-state index contributed by atoms with van der Waals surface area (Å²) in [6.07, 6.45) is 1.41. The molecule has 2 aromatic rings. The van der Waals surface area contributed by atoms with Gasteiger partial charge in [0, 0.05) is 24.3 Å². The topological polar surface area (TPSA) is 61.4 Å². The molecule has 1 unspecified atom stereocenters. The number of anilines is 3. The molecule has 0 bridgehead atoms. The van der Waals surface area contributed by atoms with Crippen LogP contribution in [0.4, 0.5) is 25.8 Å². The zero-order valence-corrected chi connectivity index (χ0v) is 14.3. The number of amides is 2. The Bertz CT molecular complexity index is 804. The quantitative estimate of drug-likeness (QED) is 0.859. The summed E-state index contributed by atoms with van der Waals surface area (Å²) in [7, 11) is 0. The van der Waals surface area contributed by atoms with E-state index in [4.69, 9.17) is 0 Å². The summed E-state index contributed by atoms with van der Waals surface area (Å²) in [6, 6.07) is 9.79. The van der Waals surface area contributed by atoms with Crippen molar-refractivity contribution in [2.75, 3.05) is 22.1 Å². The van der Waals surface area contributed by atoms with Crippen molar-refractivity contribution < 1.29 is 18.4 Å². The smallest absolute Gasteiger partial charge is 0.246 e. The summed E-state index contributed by atoms with van der Waals surface area (Å²) >= 11 is 0. The molecule has 0 saturated carbocycles. The molecule has 7 heteroatoms. The molecule has 0 aliphatic carbocycles. The van der Waals surface area contributed by atoms with Crippen molar-refractivity contribution in [3.05, 3.63) is 54.1 Å². The molecule has 2 N–H and O–H groups in total. The van der Waals surface area contributed by atoms with E-state index in [1.165, 1.54) is 6.07 Å². The van der Waals surface area contributed by atoms with Gasteiger partial charge in [0.25, 0.3) is 0 Å². The van der Waals surface area contributed by atoms with Crippen molar-refractivity contribution in [3.8, 4) is 0 Å². The molecule has 2 amide bonds. The first-order valence-electron chi connectivity index (χ1n) is 8.37. The van der Waals surface area contributed by atoms with Crippen molar-refractivity contribution in [1.29, 1.82) is 0 Å². The van der Waals surface area contributed by atoms with Gasteiger partial charge in [-0.05, 0) is 49.7 Å². The minimum atomic E-state index is -0.829. The summed E-state index contributed by atoms with van der Waals surface area (Å²) in [4.78, 5) is 25.7. The average Bonchev–Trinajstić information content (AvgIpc) is 3.05. The van der Waals surface area contributed by atoms with Crippen LogP contribution in [0.1, 0.15) is 19.8 Å². The number of para-hydroxylation sites is 1. The highest BCUT2D eigenvalue weighted by atomic mass is 19.1. The Morgan fingerprint density at radius 2 is 1.77 bits per heavy atom. The fourth-order valence-electron chi connectivity index (χ4n) is 2.82. The molecular weight excluding hydrogens is 340 g/mol. The van der Waals surface area contributed by atoms with Gasteiger partial charge in [-0.3, -0.25) is 9.59 Å². The van der Waals surface area contributed by atoms with Gasteiger partial charge in [-0.2, -0.15) is 0 Å². The summed E-state index contributed by atoms with van der Waals surface area (Å²) in [6.45, 7) is 2.30. The third-order valence-corrected chi connectivity index (χ3v) is 4.24. The van der Waals surface area contributed by atoms with Crippen molar-refractivity contribution in [2.45, 2.75) is 25.8 Å². The molecule has 136 valence electrons. The molecule has 3 rings (SSSR count). The lowest BCUT2D eigenvalue weighted by Gasteiger charge is -2.18. The number of hydrogen-bond donors (Lipinski definition) is 2. The van der Waals surface area contributed by atoms with Gasteiger partial charge < -0.3 is 15.5 Å². The highest BCUT2D eigenvalue weighted by Crippen LogP contribution is 2.23. The number of carbonyl (C=O) groups is 2. The van der Waals surface area contributed by atoms with Crippen molar-refractivity contribution in [1.82, 2.24) is 0 Å². The Morgan fingerprint density at radius 1 is 1.12 bits per heavy atom. The van der Waals surface area contributed by atoms with Gasteiger partial charge in [0.2, 0.25) is 11.8 Å². The molecule has 5 nitrogen and oxygen atoms in total. The number of nitrogens with zero attached hydrogens (tertiary/aromatic N) is 1. The van der Waals surface area contributed by atoms with Gasteiger partial charge in [0.15, 0.2) is 0 Å². The average molecular weight is 359 g/mol. The third kappa shape index (κ3) is 3.82. The maximum atomic E-state index is 13.6. The zero-order valence-electron chi connectivity index (χ0n) is 14.3. The Kier molecular flexibility index (Phi) is 5.16. The van der Waals surface area contributed by atoms with Crippen molar-refractivity contribution in [2.24, 2.45) is 0 Å². The van der Waals surface area contributed by atoms with E-state index in [0.29, 0.717) is 18.7 Å². The second kappa shape index (κ2) is 7.51. The van der Waals surface area contributed by atoms with Gasteiger partial charge in [0.1, 0.15) is 23.4 Å². The molecule has 1 atom stereocenters. The maximum absolute atomic E-state index is 13.6.